The Morgan fingerprint density at radius 1 is 1.09 bits per heavy atom. The third kappa shape index (κ3) is 4.98. The fourth-order valence-corrected chi connectivity index (χ4v) is 2.45. The number of rotatable bonds is 5. The van der Waals surface area contributed by atoms with Gasteiger partial charge < -0.3 is 10.6 Å². The number of aryl methyl sites for hydroxylation is 1. The zero-order valence-corrected chi connectivity index (χ0v) is 14.0. The van der Waals surface area contributed by atoms with Gasteiger partial charge in [0.25, 0.3) is 5.91 Å². The number of benzene rings is 2. The Morgan fingerprint density at radius 2 is 1.87 bits per heavy atom. The molecule has 0 saturated heterocycles. The second-order valence-electron chi connectivity index (χ2n) is 4.95. The zero-order chi connectivity index (χ0) is 16.8. The molecule has 4 nitrogen and oxygen atoms in total. The van der Waals surface area contributed by atoms with Crippen molar-refractivity contribution >= 4 is 40.7 Å². The Morgan fingerprint density at radius 3 is 2.57 bits per heavy atom. The van der Waals surface area contributed by atoms with Crippen LogP contribution in [0.2, 0.25) is 10.0 Å². The first-order chi connectivity index (χ1) is 11.0. The number of hydrogen-bond donors (Lipinski definition) is 2. The summed E-state index contributed by atoms with van der Waals surface area (Å²) < 4.78 is 0. The van der Waals surface area contributed by atoms with Crippen molar-refractivity contribution in [1.29, 1.82) is 0 Å². The van der Waals surface area contributed by atoms with Gasteiger partial charge in [0.2, 0.25) is 5.91 Å². The minimum Gasteiger partial charge on any atom is -0.355 e. The lowest BCUT2D eigenvalue weighted by atomic mass is 10.1. The molecule has 2 aromatic rings. The molecule has 0 heterocycles. The van der Waals surface area contributed by atoms with E-state index >= 15 is 0 Å². The van der Waals surface area contributed by atoms with Crippen molar-refractivity contribution in [3.8, 4) is 0 Å². The molecular formula is C17H16Cl2N2O2. The minimum absolute atomic E-state index is 0.180. The van der Waals surface area contributed by atoms with Gasteiger partial charge in [-0.3, -0.25) is 9.59 Å². The maximum atomic E-state index is 12.1. The van der Waals surface area contributed by atoms with Crippen LogP contribution >= 0.6 is 23.2 Å². The highest BCUT2D eigenvalue weighted by Gasteiger charge is 2.10. The molecule has 2 rings (SSSR count). The van der Waals surface area contributed by atoms with E-state index in [1.54, 1.807) is 31.3 Å². The quantitative estimate of drug-likeness (QED) is 0.858. The van der Waals surface area contributed by atoms with Crippen molar-refractivity contribution in [2.45, 2.75) is 12.8 Å². The van der Waals surface area contributed by atoms with Crippen LogP contribution in [0.25, 0.3) is 0 Å². The molecule has 0 atom stereocenters. The molecule has 0 aliphatic heterocycles. The van der Waals surface area contributed by atoms with Crippen molar-refractivity contribution in [3.63, 3.8) is 0 Å². The van der Waals surface area contributed by atoms with Crippen molar-refractivity contribution in [1.82, 2.24) is 5.32 Å². The van der Waals surface area contributed by atoms with Gasteiger partial charge in [0, 0.05) is 24.1 Å². The van der Waals surface area contributed by atoms with Gasteiger partial charge in [0.1, 0.15) is 0 Å². The molecule has 0 bridgehead atoms. The molecule has 6 heteroatoms. The largest absolute Gasteiger partial charge is 0.355 e. The number of anilines is 1. The summed E-state index contributed by atoms with van der Waals surface area (Å²) in [5, 5.41) is 6.28. The van der Waals surface area contributed by atoms with Gasteiger partial charge in [-0.25, -0.2) is 0 Å². The second kappa shape index (κ2) is 7.99. The summed E-state index contributed by atoms with van der Waals surface area (Å²) in [6, 6.07) is 12.1. The SMILES string of the molecule is CNC(=O)c1ccc(Cl)c(NC(=O)CCc2cccc(Cl)c2)c1. The molecule has 0 fully saturated rings. The highest BCUT2D eigenvalue weighted by Crippen LogP contribution is 2.23. The minimum atomic E-state index is -0.240. The second-order valence-corrected chi connectivity index (χ2v) is 5.80. The van der Waals surface area contributed by atoms with E-state index < -0.39 is 0 Å². The Balaban J connectivity index is 2.01. The summed E-state index contributed by atoms with van der Waals surface area (Å²) in [7, 11) is 1.54. The predicted octanol–water partition coefficient (Wildman–Crippen LogP) is 3.92. The number of amides is 2. The van der Waals surface area contributed by atoms with Gasteiger partial charge in [0.05, 0.1) is 10.7 Å². The Hall–Kier alpha value is -2.04. The summed E-state index contributed by atoms with van der Waals surface area (Å²) >= 11 is 12.0. The number of carbonyl (C=O) groups excluding carboxylic acids is 2. The molecule has 23 heavy (non-hydrogen) atoms. The van der Waals surface area contributed by atoms with Crippen molar-refractivity contribution in [2.24, 2.45) is 0 Å². The van der Waals surface area contributed by atoms with E-state index in [0.717, 1.165) is 5.56 Å². The van der Waals surface area contributed by atoms with E-state index in [9.17, 15) is 9.59 Å². The first-order valence-corrected chi connectivity index (χ1v) is 7.81. The molecule has 2 amide bonds. The van der Waals surface area contributed by atoms with Gasteiger partial charge in [-0.1, -0.05) is 35.3 Å². The van der Waals surface area contributed by atoms with Crippen LogP contribution in [0.5, 0.6) is 0 Å². The molecular weight excluding hydrogens is 335 g/mol. The van der Waals surface area contributed by atoms with Crippen molar-refractivity contribution < 1.29 is 9.59 Å². The third-order valence-electron chi connectivity index (χ3n) is 3.26. The van der Waals surface area contributed by atoms with E-state index in [4.69, 9.17) is 23.2 Å². The van der Waals surface area contributed by atoms with Gasteiger partial charge in [-0.2, -0.15) is 0 Å². The summed E-state index contributed by atoms with van der Waals surface area (Å²) in [4.78, 5) is 23.7. The molecule has 0 radical (unpaired) electrons. The maximum absolute atomic E-state index is 12.1. The lowest BCUT2D eigenvalue weighted by Gasteiger charge is -2.09. The Bertz CT molecular complexity index is 732. The third-order valence-corrected chi connectivity index (χ3v) is 3.82. The van der Waals surface area contributed by atoms with Crippen LogP contribution < -0.4 is 10.6 Å². The zero-order valence-electron chi connectivity index (χ0n) is 12.5. The lowest BCUT2D eigenvalue weighted by Crippen LogP contribution is -2.18. The number of halogens is 2. The van der Waals surface area contributed by atoms with E-state index in [-0.39, 0.29) is 11.8 Å². The molecule has 2 N–H and O–H groups in total. The fraction of sp³-hybridized carbons (Fsp3) is 0.176. The molecule has 0 spiro atoms. The highest BCUT2D eigenvalue weighted by atomic mass is 35.5. The van der Waals surface area contributed by atoms with Crippen LogP contribution in [0.15, 0.2) is 42.5 Å². The summed E-state index contributed by atoms with van der Waals surface area (Å²) in [5.41, 5.74) is 1.84. The predicted molar refractivity (Wildman–Crippen MR) is 93.2 cm³/mol. The van der Waals surface area contributed by atoms with E-state index in [1.807, 2.05) is 18.2 Å². The summed E-state index contributed by atoms with van der Waals surface area (Å²) in [5.74, 6) is -0.419. The molecule has 0 aliphatic rings. The lowest BCUT2D eigenvalue weighted by molar-refractivity contribution is -0.116. The van der Waals surface area contributed by atoms with Crippen LogP contribution in [0.3, 0.4) is 0 Å². The highest BCUT2D eigenvalue weighted by molar-refractivity contribution is 6.34. The number of nitrogens with one attached hydrogen (secondary N) is 2. The number of carbonyl (C=O) groups is 2. The monoisotopic (exact) mass is 350 g/mol. The van der Waals surface area contributed by atoms with Gasteiger partial charge in [-0.05, 0) is 42.3 Å². The maximum Gasteiger partial charge on any atom is 0.251 e. The van der Waals surface area contributed by atoms with Crippen LogP contribution in [0.1, 0.15) is 22.3 Å². The molecule has 0 aliphatic carbocycles. The molecule has 0 aromatic heterocycles. The van der Waals surface area contributed by atoms with E-state index in [0.29, 0.717) is 34.1 Å². The number of hydrogen-bond acceptors (Lipinski definition) is 2. The van der Waals surface area contributed by atoms with Crippen molar-refractivity contribution in [2.75, 3.05) is 12.4 Å². The van der Waals surface area contributed by atoms with Crippen LogP contribution in [-0.2, 0) is 11.2 Å². The first-order valence-electron chi connectivity index (χ1n) is 7.05. The van der Waals surface area contributed by atoms with Crippen LogP contribution in [-0.4, -0.2) is 18.9 Å². The van der Waals surface area contributed by atoms with E-state index in [2.05, 4.69) is 10.6 Å². The first kappa shape index (κ1) is 17.3. The fourth-order valence-electron chi connectivity index (χ4n) is 2.07. The topological polar surface area (TPSA) is 58.2 Å². The van der Waals surface area contributed by atoms with Gasteiger partial charge in [-0.15, -0.1) is 0 Å². The molecule has 120 valence electrons. The van der Waals surface area contributed by atoms with Crippen LogP contribution in [0.4, 0.5) is 5.69 Å². The average Bonchev–Trinajstić information content (AvgIpc) is 2.54. The standard InChI is InChI=1S/C17H16Cl2N2O2/c1-20-17(23)12-6-7-14(19)15(10-12)21-16(22)8-5-11-3-2-4-13(18)9-11/h2-4,6-7,9-10H,5,8H2,1H3,(H,20,23)(H,21,22). The van der Waals surface area contributed by atoms with Crippen LogP contribution in [0, 0.1) is 0 Å². The normalized spacial score (nSPS) is 10.2. The summed E-state index contributed by atoms with van der Waals surface area (Å²) in [6.45, 7) is 0. The molecule has 0 saturated carbocycles. The Kier molecular flexibility index (Phi) is 6.02. The molecule has 2 aromatic carbocycles. The Labute approximate surface area is 144 Å². The smallest absolute Gasteiger partial charge is 0.251 e. The van der Waals surface area contributed by atoms with Gasteiger partial charge in [0.15, 0.2) is 0 Å². The van der Waals surface area contributed by atoms with Gasteiger partial charge >= 0.3 is 0 Å². The van der Waals surface area contributed by atoms with Crippen molar-refractivity contribution in [3.05, 3.63) is 63.6 Å². The average molecular weight is 351 g/mol. The molecule has 0 unspecified atom stereocenters. The summed E-state index contributed by atoms with van der Waals surface area (Å²) in [6.07, 6.45) is 0.861. The van der Waals surface area contributed by atoms with E-state index in [1.165, 1.54) is 0 Å².